The summed E-state index contributed by atoms with van der Waals surface area (Å²) >= 11 is 0. The zero-order valence-electron chi connectivity index (χ0n) is 9.22. The van der Waals surface area contributed by atoms with Gasteiger partial charge in [0.2, 0.25) is 0 Å². The van der Waals surface area contributed by atoms with Crippen molar-refractivity contribution >= 4 is 5.97 Å². The van der Waals surface area contributed by atoms with Gasteiger partial charge in [0.15, 0.2) is 0 Å². The van der Waals surface area contributed by atoms with E-state index in [1.807, 2.05) is 0 Å². The number of carbonyl (C=O) groups is 1. The topological polar surface area (TPSA) is 92.8 Å². The number of carbonyl (C=O) groups excluding carboxylic acids is 1. The molecular weight excluding hydrogens is 210 g/mol. The molecule has 0 aromatic heterocycles. The second kappa shape index (κ2) is 5.14. The van der Waals surface area contributed by atoms with E-state index in [1.54, 1.807) is 25.2 Å². The van der Waals surface area contributed by atoms with Crippen molar-refractivity contribution in [3.63, 3.8) is 0 Å². The van der Waals surface area contributed by atoms with Gasteiger partial charge in [0.25, 0.3) is 0 Å². The molecular formula is C11H17NO4. The molecule has 16 heavy (non-hydrogen) atoms. The Morgan fingerprint density at radius 1 is 1.75 bits per heavy atom. The lowest BCUT2D eigenvalue weighted by molar-refractivity contribution is -0.155. The highest BCUT2D eigenvalue weighted by molar-refractivity contribution is 5.79. The lowest BCUT2D eigenvalue weighted by atomic mass is 9.83. The van der Waals surface area contributed by atoms with Gasteiger partial charge in [-0.2, -0.15) is 0 Å². The van der Waals surface area contributed by atoms with E-state index >= 15 is 0 Å². The van der Waals surface area contributed by atoms with Crippen LogP contribution in [0.25, 0.3) is 0 Å². The zero-order valence-corrected chi connectivity index (χ0v) is 9.22. The summed E-state index contributed by atoms with van der Waals surface area (Å²) in [7, 11) is 0. The Kier molecular flexibility index (Phi) is 4.09. The summed E-state index contributed by atoms with van der Waals surface area (Å²) in [5.41, 5.74) is 5.44. The van der Waals surface area contributed by atoms with Crippen LogP contribution >= 0.6 is 0 Å². The molecule has 0 spiro atoms. The number of ether oxygens (including phenoxy) is 1. The third kappa shape index (κ3) is 3.08. The number of rotatable bonds is 4. The van der Waals surface area contributed by atoms with Crippen molar-refractivity contribution in [2.24, 2.45) is 11.1 Å². The molecule has 5 nitrogen and oxygen atoms in total. The molecule has 2 atom stereocenters. The normalized spacial score (nSPS) is 26.1. The lowest BCUT2D eigenvalue weighted by Gasteiger charge is -2.25. The van der Waals surface area contributed by atoms with Crippen LogP contribution in [0.15, 0.2) is 23.9 Å². The second-order valence-electron chi connectivity index (χ2n) is 4.09. The summed E-state index contributed by atoms with van der Waals surface area (Å²) in [6.45, 7) is 1.12. The molecule has 0 aromatic rings. The van der Waals surface area contributed by atoms with Crippen molar-refractivity contribution in [3.05, 3.63) is 23.9 Å². The van der Waals surface area contributed by atoms with E-state index in [0.717, 1.165) is 0 Å². The van der Waals surface area contributed by atoms with E-state index in [4.69, 9.17) is 20.7 Å². The SMILES string of the molecule is CC1(C(=O)OCC(O)CO)C=CC(N)=CC1. The number of hydrogen-bond acceptors (Lipinski definition) is 5. The molecule has 0 radical (unpaired) electrons. The van der Waals surface area contributed by atoms with Crippen LogP contribution in [0.2, 0.25) is 0 Å². The van der Waals surface area contributed by atoms with E-state index in [0.29, 0.717) is 12.1 Å². The molecule has 1 aliphatic carbocycles. The van der Waals surface area contributed by atoms with Gasteiger partial charge in [0, 0.05) is 5.70 Å². The average Bonchev–Trinajstić information content (AvgIpc) is 2.29. The Balaban J connectivity index is 2.51. The molecule has 0 aliphatic heterocycles. The highest BCUT2D eigenvalue weighted by Gasteiger charge is 2.33. The largest absolute Gasteiger partial charge is 0.462 e. The first kappa shape index (κ1) is 12.7. The Hall–Kier alpha value is -1.33. The maximum Gasteiger partial charge on any atom is 0.316 e. The van der Waals surface area contributed by atoms with Gasteiger partial charge in [-0.25, -0.2) is 0 Å². The van der Waals surface area contributed by atoms with Crippen molar-refractivity contribution < 1.29 is 19.7 Å². The molecule has 0 saturated heterocycles. The molecule has 0 amide bonds. The van der Waals surface area contributed by atoms with Gasteiger partial charge in [-0.05, 0) is 19.4 Å². The molecule has 0 heterocycles. The van der Waals surface area contributed by atoms with E-state index in [-0.39, 0.29) is 6.61 Å². The van der Waals surface area contributed by atoms with Crippen LogP contribution in [0, 0.1) is 5.41 Å². The summed E-state index contributed by atoms with van der Waals surface area (Å²) in [5, 5.41) is 17.6. The number of hydrogen-bond donors (Lipinski definition) is 3. The number of esters is 1. The zero-order chi connectivity index (χ0) is 12.2. The summed E-state index contributed by atoms with van der Waals surface area (Å²) in [6.07, 6.45) is 4.55. The van der Waals surface area contributed by atoms with Gasteiger partial charge in [0.1, 0.15) is 12.7 Å². The molecule has 90 valence electrons. The quantitative estimate of drug-likeness (QED) is 0.573. The van der Waals surface area contributed by atoms with Gasteiger partial charge in [-0.3, -0.25) is 4.79 Å². The van der Waals surface area contributed by atoms with Crippen molar-refractivity contribution in [2.45, 2.75) is 19.4 Å². The smallest absolute Gasteiger partial charge is 0.316 e. The van der Waals surface area contributed by atoms with Crippen molar-refractivity contribution in [2.75, 3.05) is 13.2 Å². The molecule has 1 aliphatic rings. The van der Waals surface area contributed by atoms with Gasteiger partial charge < -0.3 is 20.7 Å². The molecule has 0 aromatic carbocycles. The van der Waals surface area contributed by atoms with E-state index < -0.39 is 24.1 Å². The van der Waals surface area contributed by atoms with Crippen LogP contribution in [0.3, 0.4) is 0 Å². The molecule has 4 N–H and O–H groups in total. The average molecular weight is 227 g/mol. The molecule has 5 heteroatoms. The minimum Gasteiger partial charge on any atom is -0.462 e. The predicted octanol–water partition coefficient (Wildman–Crippen LogP) is -0.308. The van der Waals surface area contributed by atoms with Gasteiger partial charge in [0.05, 0.1) is 12.0 Å². The summed E-state index contributed by atoms with van der Waals surface area (Å²) in [5.74, 6) is -0.431. The first-order chi connectivity index (χ1) is 7.48. The third-order valence-electron chi connectivity index (χ3n) is 2.49. The van der Waals surface area contributed by atoms with Crippen LogP contribution in [0.4, 0.5) is 0 Å². The number of nitrogens with two attached hydrogens (primary N) is 1. The number of aliphatic hydroxyl groups excluding tert-OH is 2. The highest BCUT2D eigenvalue weighted by Crippen LogP contribution is 2.29. The summed E-state index contributed by atoms with van der Waals surface area (Å²) < 4.78 is 4.90. The Morgan fingerprint density at radius 2 is 2.44 bits per heavy atom. The van der Waals surface area contributed by atoms with Crippen molar-refractivity contribution in [1.29, 1.82) is 0 Å². The highest BCUT2D eigenvalue weighted by atomic mass is 16.5. The molecule has 1 rings (SSSR count). The lowest BCUT2D eigenvalue weighted by Crippen LogP contribution is -2.32. The van der Waals surface area contributed by atoms with Crippen LogP contribution in [0.1, 0.15) is 13.3 Å². The van der Waals surface area contributed by atoms with Crippen LogP contribution in [0.5, 0.6) is 0 Å². The Morgan fingerprint density at radius 3 is 2.94 bits per heavy atom. The van der Waals surface area contributed by atoms with Crippen molar-refractivity contribution in [3.8, 4) is 0 Å². The number of allylic oxidation sites excluding steroid dienone is 2. The van der Waals surface area contributed by atoms with Gasteiger partial charge in [-0.1, -0.05) is 12.2 Å². The van der Waals surface area contributed by atoms with Crippen LogP contribution in [-0.4, -0.2) is 35.5 Å². The fraction of sp³-hybridized carbons (Fsp3) is 0.545. The monoisotopic (exact) mass is 227 g/mol. The fourth-order valence-corrected chi connectivity index (χ4v) is 1.29. The predicted molar refractivity (Wildman–Crippen MR) is 58.2 cm³/mol. The summed E-state index contributed by atoms with van der Waals surface area (Å²) in [4.78, 5) is 11.7. The minimum absolute atomic E-state index is 0.196. The molecule has 0 fully saturated rings. The number of aliphatic hydroxyl groups is 2. The molecule has 2 unspecified atom stereocenters. The van der Waals surface area contributed by atoms with Gasteiger partial charge >= 0.3 is 5.97 Å². The van der Waals surface area contributed by atoms with Crippen LogP contribution in [-0.2, 0) is 9.53 Å². The van der Waals surface area contributed by atoms with E-state index in [1.165, 1.54) is 0 Å². The minimum atomic E-state index is -1.03. The maximum atomic E-state index is 11.7. The Labute approximate surface area is 94.2 Å². The first-order valence-electron chi connectivity index (χ1n) is 5.09. The molecule has 0 bridgehead atoms. The van der Waals surface area contributed by atoms with Crippen molar-refractivity contribution in [1.82, 2.24) is 0 Å². The van der Waals surface area contributed by atoms with E-state index in [2.05, 4.69) is 0 Å². The molecule has 0 saturated carbocycles. The van der Waals surface area contributed by atoms with E-state index in [9.17, 15) is 4.79 Å². The third-order valence-corrected chi connectivity index (χ3v) is 2.49. The second-order valence-corrected chi connectivity index (χ2v) is 4.09. The Bertz CT molecular complexity index is 324. The first-order valence-corrected chi connectivity index (χ1v) is 5.09. The maximum absolute atomic E-state index is 11.7. The standard InChI is InChI=1S/C11H17NO4/c1-11(4-2-8(12)3-5-11)10(15)16-7-9(14)6-13/h2-4,9,13-14H,5-7,12H2,1H3. The van der Waals surface area contributed by atoms with Crippen LogP contribution < -0.4 is 5.73 Å². The summed E-state index contributed by atoms with van der Waals surface area (Å²) in [6, 6.07) is 0. The fourth-order valence-electron chi connectivity index (χ4n) is 1.29. The van der Waals surface area contributed by atoms with Gasteiger partial charge in [-0.15, -0.1) is 0 Å².